The van der Waals surface area contributed by atoms with Crippen LogP contribution in [-0.2, 0) is 0 Å². The Morgan fingerprint density at radius 3 is 0.920 bits per heavy atom. The van der Waals surface area contributed by atoms with E-state index < -0.39 is 34.1 Å². The van der Waals surface area contributed by atoms with Crippen molar-refractivity contribution in [2.75, 3.05) is 0 Å². The number of nitrogens with one attached hydrogen (secondary N) is 1. The predicted molar refractivity (Wildman–Crippen MR) is 92.6 cm³/mol. The van der Waals surface area contributed by atoms with Crippen LogP contribution >= 0.6 is 58.9 Å². The molecule has 0 unspecified atom stereocenters. The van der Waals surface area contributed by atoms with Crippen LogP contribution in [0.15, 0.2) is 28.8 Å². The molecule has 2 radical (unpaired) electrons. The predicted octanol–water partition coefficient (Wildman–Crippen LogP) is -2.88. The second-order valence-corrected chi connectivity index (χ2v) is 4.96. The normalized spacial score (nSPS) is 9.32. The second kappa shape index (κ2) is 11.2. The third-order valence-electron chi connectivity index (χ3n) is 1.91. The Kier molecular flexibility index (Phi) is 12.3. The maximum atomic E-state index is 10.8. The molecular formula is C6HCl5N6Na2O6. The van der Waals surface area contributed by atoms with E-state index in [4.69, 9.17) is 58.9 Å². The summed E-state index contributed by atoms with van der Waals surface area (Å²) in [6.07, 6.45) is 0. The summed E-state index contributed by atoms with van der Waals surface area (Å²) in [5.41, 5.74) is -6.61. The zero-order chi connectivity index (χ0) is 18.1. The standard InChI is InChI=1S/C3Cl3N3O3.C3HCl2N3O3.2Na/c4-7-1(10)8(5)3(12)9(6)2(7)11;4-7-1(9)6-2(10)8(5)3(7)11;;/h;(H,6,9,10);;. The van der Waals surface area contributed by atoms with Crippen LogP contribution in [0.1, 0.15) is 0 Å². The average molecular weight is 476 g/mol. The van der Waals surface area contributed by atoms with Gasteiger partial charge in [-0.25, -0.2) is 28.8 Å². The topological polar surface area (TPSA) is 143 Å². The molecule has 2 rings (SSSR count). The van der Waals surface area contributed by atoms with Gasteiger partial charge < -0.3 is 0 Å². The Labute approximate surface area is 204 Å². The molecule has 0 aromatic carbocycles. The third-order valence-corrected chi connectivity index (χ3v) is 3.38. The molecular weight excluding hydrogens is 475 g/mol. The summed E-state index contributed by atoms with van der Waals surface area (Å²) in [5.74, 6) is 0. The summed E-state index contributed by atoms with van der Waals surface area (Å²) in [7, 11) is 0. The van der Waals surface area contributed by atoms with Gasteiger partial charge in [-0.05, 0) is 0 Å². The quantitative estimate of drug-likeness (QED) is 0.405. The molecule has 0 fully saturated rings. The van der Waals surface area contributed by atoms with Crippen LogP contribution in [0.4, 0.5) is 0 Å². The van der Waals surface area contributed by atoms with E-state index in [0.29, 0.717) is 0 Å². The number of nitrogens with zero attached hydrogens (tertiary/aromatic N) is 5. The summed E-state index contributed by atoms with van der Waals surface area (Å²) in [4.78, 5) is 65.6. The van der Waals surface area contributed by atoms with Crippen LogP contribution in [0.3, 0.4) is 0 Å². The molecule has 12 nitrogen and oxygen atoms in total. The van der Waals surface area contributed by atoms with Gasteiger partial charge in [0, 0.05) is 118 Å². The maximum Gasteiger partial charge on any atom is 0.366 e. The molecule has 0 aliphatic rings. The minimum absolute atomic E-state index is 0. The SMILES string of the molecule is O=c1[nH]c(=O)n(Cl)c(=O)n1Cl.O=c1n(Cl)c(=O)n(Cl)c(=O)n1Cl.[Na].[Na]. The zero-order valence-corrected chi connectivity index (χ0v) is 19.9. The average Bonchev–Trinajstić information content (AvgIpc) is 2.53. The smallest absolute Gasteiger partial charge is 0.257 e. The Bertz CT molecular complexity index is 971. The van der Waals surface area contributed by atoms with Crippen molar-refractivity contribution in [1.29, 1.82) is 0 Å². The number of H-pyrrole nitrogens is 1. The number of aromatic amines is 1. The van der Waals surface area contributed by atoms with E-state index in [0.717, 1.165) is 0 Å². The molecule has 0 saturated carbocycles. The largest absolute Gasteiger partial charge is 0.366 e. The van der Waals surface area contributed by atoms with Crippen LogP contribution in [0.25, 0.3) is 0 Å². The maximum absolute atomic E-state index is 10.8. The summed E-state index contributed by atoms with van der Waals surface area (Å²) >= 11 is 25.4. The monoisotopic (exact) mass is 474 g/mol. The first-order chi connectivity index (χ1) is 10.5. The van der Waals surface area contributed by atoms with Gasteiger partial charge in [-0.2, -0.15) is 0 Å². The van der Waals surface area contributed by atoms with E-state index in [9.17, 15) is 28.8 Å². The molecule has 0 aliphatic carbocycles. The van der Waals surface area contributed by atoms with Crippen molar-refractivity contribution >= 4 is 118 Å². The zero-order valence-electron chi connectivity index (χ0n) is 12.1. The Balaban J connectivity index is 0. The van der Waals surface area contributed by atoms with Crippen LogP contribution < -0.4 is 34.1 Å². The van der Waals surface area contributed by atoms with Gasteiger partial charge in [0.1, 0.15) is 0 Å². The van der Waals surface area contributed by atoms with Crippen molar-refractivity contribution in [2.24, 2.45) is 0 Å². The number of hydrogen-bond acceptors (Lipinski definition) is 6. The summed E-state index contributed by atoms with van der Waals surface area (Å²) in [6.45, 7) is 0. The fourth-order valence-electron chi connectivity index (χ4n) is 0.917. The first-order valence-corrected chi connectivity index (χ1v) is 6.50. The van der Waals surface area contributed by atoms with Gasteiger partial charge in [-0.3, -0.25) is 4.98 Å². The van der Waals surface area contributed by atoms with Crippen molar-refractivity contribution in [3.63, 3.8) is 0 Å². The molecule has 2 aromatic heterocycles. The van der Waals surface area contributed by atoms with Gasteiger partial charge in [0.05, 0.1) is 0 Å². The van der Waals surface area contributed by atoms with Crippen molar-refractivity contribution < 1.29 is 0 Å². The Hall–Kier alpha value is 0.270. The van der Waals surface area contributed by atoms with Gasteiger partial charge in [0.2, 0.25) is 0 Å². The van der Waals surface area contributed by atoms with Crippen molar-refractivity contribution in [3.05, 3.63) is 62.9 Å². The molecule has 2 heterocycles. The van der Waals surface area contributed by atoms with Crippen molar-refractivity contribution in [2.45, 2.75) is 0 Å². The van der Waals surface area contributed by atoms with E-state index in [2.05, 4.69) is 0 Å². The van der Waals surface area contributed by atoms with E-state index in [1.165, 1.54) is 0 Å². The second-order valence-electron chi connectivity index (χ2n) is 3.27. The van der Waals surface area contributed by atoms with Gasteiger partial charge >= 0.3 is 34.1 Å². The van der Waals surface area contributed by atoms with Crippen LogP contribution in [0.2, 0.25) is 0 Å². The number of halogens is 5. The van der Waals surface area contributed by atoms with Crippen LogP contribution in [-0.4, -0.2) is 84.5 Å². The molecule has 2 aromatic rings. The molecule has 0 atom stereocenters. The molecule has 0 spiro atoms. The van der Waals surface area contributed by atoms with Crippen molar-refractivity contribution in [1.82, 2.24) is 25.4 Å². The Morgan fingerprint density at radius 2 is 0.680 bits per heavy atom. The minimum atomic E-state index is -1.16. The fourth-order valence-corrected chi connectivity index (χ4v) is 1.76. The van der Waals surface area contributed by atoms with Crippen molar-refractivity contribution in [3.8, 4) is 0 Å². The first kappa shape index (κ1) is 27.5. The summed E-state index contributed by atoms with van der Waals surface area (Å²) in [6, 6.07) is 0. The summed E-state index contributed by atoms with van der Waals surface area (Å²) in [5, 5.41) is 0. The first-order valence-electron chi connectivity index (χ1n) is 4.81. The molecule has 0 bridgehead atoms. The van der Waals surface area contributed by atoms with Gasteiger partial charge in [0.15, 0.2) is 0 Å². The molecule has 0 amide bonds. The van der Waals surface area contributed by atoms with Gasteiger partial charge in [-0.15, -0.1) is 20.4 Å². The number of rotatable bonds is 0. The van der Waals surface area contributed by atoms with E-state index in [-0.39, 0.29) is 79.5 Å². The molecule has 1 N–H and O–H groups in total. The van der Waals surface area contributed by atoms with Crippen LogP contribution in [0.5, 0.6) is 0 Å². The third kappa shape index (κ3) is 6.14. The van der Waals surface area contributed by atoms with E-state index >= 15 is 0 Å². The van der Waals surface area contributed by atoms with E-state index in [1.807, 2.05) is 0 Å². The molecule has 128 valence electrons. The molecule has 25 heavy (non-hydrogen) atoms. The molecule has 0 saturated heterocycles. The number of hydrogen-bond donors (Lipinski definition) is 1. The summed E-state index contributed by atoms with van der Waals surface area (Å²) < 4.78 is 0.576. The number of aromatic nitrogens is 6. The Morgan fingerprint density at radius 1 is 0.480 bits per heavy atom. The fraction of sp³-hybridized carbons (Fsp3) is 0. The molecule has 19 heteroatoms. The van der Waals surface area contributed by atoms with Gasteiger partial charge in [-0.1, -0.05) is 0 Å². The minimum Gasteiger partial charge on any atom is -0.257 e. The van der Waals surface area contributed by atoms with Crippen LogP contribution in [0, 0.1) is 0 Å². The van der Waals surface area contributed by atoms with E-state index in [1.54, 1.807) is 4.98 Å². The van der Waals surface area contributed by atoms with Gasteiger partial charge in [0.25, 0.3) is 0 Å². The molecule has 0 aliphatic heterocycles.